The van der Waals surface area contributed by atoms with Crippen LogP contribution in [0.4, 0.5) is 5.69 Å². The lowest BCUT2D eigenvalue weighted by Gasteiger charge is -2.20. The van der Waals surface area contributed by atoms with E-state index in [1.165, 1.54) is 16.7 Å². The Kier molecular flexibility index (Phi) is 2.53. The Morgan fingerprint density at radius 1 is 1.05 bits per heavy atom. The largest absolute Gasteiger partial charge is 0.325 e. The number of anilines is 1. The number of nitrogens with one attached hydrogen (secondary N) is 1. The van der Waals surface area contributed by atoms with Crippen LogP contribution in [0.3, 0.4) is 0 Å². The van der Waals surface area contributed by atoms with Crippen molar-refractivity contribution in [1.82, 2.24) is 0 Å². The standard InChI is InChI=1S/C19H19NO/c1-12(2)13-7-8-14-10-19(11-15(14)9-13)16-5-3-4-6-17(16)20-18(19)21/h3-9,12H,10-11H2,1-2H3,(H,20,21)/t19-/m1/s1. The third-order valence-electron chi connectivity index (χ3n) is 5.01. The highest BCUT2D eigenvalue weighted by molar-refractivity contribution is 6.07. The molecule has 2 aliphatic rings. The number of amides is 1. The second kappa shape index (κ2) is 4.20. The Morgan fingerprint density at radius 3 is 2.62 bits per heavy atom. The van der Waals surface area contributed by atoms with Crippen LogP contribution in [0.5, 0.6) is 0 Å². The molecule has 0 saturated carbocycles. The Bertz CT molecular complexity index is 747. The van der Waals surface area contributed by atoms with Crippen LogP contribution in [-0.2, 0) is 23.1 Å². The maximum Gasteiger partial charge on any atom is 0.235 e. The summed E-state index contributed by atoms with van der Waals surface area (Å²) in [5.74, 6) is 0.683. The van der Waals surface area contributed by atoms with Gasteiger partial charge in [0.25, 0.3) is 0 Å². The molecule has 0 radical (unpaired) electrons. The second-order valence-corrected chi connectivity index (χ2v) is 6.62. The smallest absolute Gasteiger partial charge is 0.235 e. The first-order valence-electron chi connectivity index (χ1n) is 7.63. The molecule has 2 heteroatoms. The third-order valence-corrected chi connectivity index (χ3v) is 5.01. The number of hydrogen-bond donors (Lipinski definition) is 1. The van der Waals surface area contributed by atoms with Gasteiger partial charge < -0.3 is 5.32 Å². The number of para-hydroxylation sites is 1. The van der Waals surface area contributed by atoms with E-state index in [-0.39, 0.29) is 11.3 Å². The number of hydrogen-bond acceptors (Lipinski definition) is 1. The van der Waals surface area contributed by atoms with Gasteiger partial charge in [0.1, 0.15) is 0 Å². The summed E-state index contributed by atoms with van der Waals surface area (Å²) < 4.78 is 0. The van der Waals surface area contributed by atoms with Gasteiger partial charge >= 0.3 is 0 Å². The predicted octanol–water partition coefficient (Wildman–Crippen LogP) is 3.80. The Balaban J connectivity index is 1.81. The summed E-state index contributed by atoms with van der Waals surface area (Å²) in [6, 6.07) is 14.8. The summed E-state index contributed by atoms with van der Waals surface area (Å²) in [6.07, 6.45) is 1.65. The average Bonchev–Trinajstić information content (AvgIpc) is 2.98. The van der Waals surface area contributed by atoms with Gasteiger partial charge in [0.2, 0.25) is 5.91 Å². The fraction of sp³-hybridized carbons (Fsp3) is 0.316. The van der Waals surface area contributed by atoms with E-state index in [0.29, 0.717) is 5.92 Å². The minimum absolute atomic E-state index is 0.158. The van der Waals surface area contributed by atoms with Crippen LogP contribution in [0, 0.1) is 0 Å². The number of fused-ring (bicyclic) bond motifs is 3. The molecule has 2 aromatic rings. The van der Waals surface area contributed by atoms with Crippen molar-refractivity contribution in [3.8, 4) is 0 Å². The molecular weight excluding hydrogens is 258 g/mol. The Labute approximate surface area is 125 Å². The monoisotopic (exact) mass is 277 g/mol. The van der Waals surface area contributed by atoms with E-state index in [0.717, 1.165) is 24.1 Å². The SMILES string of the molecule is CC(C)c1ccc2c(c1)C[C@@]1(C2)C(=O)Nc2ccccc21. The average molecular weight is 277 g/mol. The lowest BCUT2D eigenvalue weighted by Crippen LogP contribution is -2.35. The minimum Gasteiger partial charge on any atom is -0.325 e. The van der Waals surface area contributed by atoms with Crippen LogP contribution in [0.2, 0.25) is 0 Å². The maximum absolute atomic E-state index is 12.6. The van der Waals surface area contributed by atoms with Gasteiger partial charge in [-0.1, -0.05) is 50.2 Å². The molecule has 0 saturated heterocycles. The number of carbonyl (C=O) groups is 1. The topological polar surface area (TPSA) is 29.1 Å². The number of rotatable bonds is 1. The van der Waals surface area contributed by atoms with Gasteiger partial charge in [-0.3, -0.25) is 4.79 Å². The molecular formula is C19H19NO. The van der Waals surface area contributed by atoms with E-state index in [1.54, 1.807) is 0 Å². The summed E-state index contributed by atoms with van der Waals surface area (Å²) in [6.45, 7) is 4.42. The molecule has 21 heavy (non-hydrogen) atoms. The molecule has 1 heterocycles. The van der Waals surface area contributed by atoms with Crippen LogP contribution >= 0.6 is 0 Å². The van der Waals surface area contributed by atoms with E-state index in [2.05, 4.69) is 43.4 Å². The van der Waals surface area contributed by atoms with E-state index in [4.69, 9.17) is 0 Å². The minimum atomic E-state index is -0.380. The van der Waals surface area contributed by atoms with Crippen molar-refractivity contribution in [2.75, 3.05) is 5.32 Å². The van der Waals surface area contributed by atoms with Crippen molar-refractivity contribution >= 4 is 11.6 Å². The van der Waals surface area contributed by atoms with Gasteiger partial charge in [-0.05, 0) is 47.1 Å². The highest BCUT2D eigenvalue weighted by Gasteiger charge is 2.50. The second-order valence-electron chi connectivity index (χ2n) is 6.62. The van der Waals surface area contributed by atoms with Crippen LogP contribution in [0.1, 0.15) is 42.0 Å². The highest BCUT2D eigenvalue weighted by Crippen LogP contribution is 2.47. The predicted molar refractivity (Wildman–Crippen MR) is 84.7 cm³/mol. The van der Waals surface area contributed by atoms with E-state index < -0.39 is 0 Å². The Morgan fingerprint density at radius 2 is 1.81 bits per heavy atom. The van der Waals surface area contributed by atoms with Gasteiger partial charge in [0.15, 0.2) is 0 Å². The van der Waals surface area contributed by atoms with Crippen molar-refractivity contribution in [2.24, 2.45) is 0 Å². The molecule has 2 nitrogen and oxygen atoms in total. The van der Waals surface area contributed by atoms with E-state index in [9.17, 15) is 4.79 Å². The van der Waals surface area contributed by atoms with Crippen molar-refractivity contribution < 1.29 is 4.79 Å². The maximum atomic E-state index is 12.6. The van der Waals surface area contributed by atoms with Crippen molar-refractivity contribution in [2.45, 2.75) is 38.0 Å². The van der Waals surface area contributed by atoms with Gasteiger partial charge in [-0.2, -0.15) is 0 Å². The lowest BCUT2D eigenvalue weighted by molar-refractivity contribution is -0.120. The summed E-state index contributed by atoms with van der Waals surface area (Å²) in [5.41, 5.74) is 5.79. The van der Waals surface area contributed by atoms with Crippen LogP contribution in [-0.4, -0.2) is 5.91 Å². The van der Waals surface area contributed by atoms with Gasteiger partial charge in [-0.15, -0.1) is 0 Å². The summed E-state index contributed by atoms with van der Waals surface area (Å²) in [5, 5.41) is 3.06. The fourth-order valence-electron chi connectivity index (χ4n) is 3.78. The van der Waals surface area contributed by atoms with Gasteiger partial charge in [0.05, 0.1) is 5.41 Å². The van der Waals surface area contributed by atoms with Crippen LogP contribution < -0.4 is 5.32 Å². The van der Waals surface area contributed by atoms with E-state index >= 15 is 0 Å². The van der Waals surface area contributed by atoms with Gasteiger partial charge in [0, 0.05) is 5.69 Å². The van der Waals surface area contributed by atoms with Crippen LogP contribution in [0.25, 0.3) is 0 Å². The van der Waals surface area contributed by atoms with Gasteiger partial charge in [-0.25, -0.2) is 0 Å². The molecule has 1 atom stereocenters. The molecule has 0 bridgehead atoms. The molecule has 1 amide bonds. The Hall–Kier alpha value is -2.09. The zero-order valence-corrected chi connectivity index (χ0v) is 12.4. The summed E-state index contributed by atoms with van der Waals surface area (Å²) in [7, 11) is 0. The van der Waals surface area contributed by atoms with Crippen molar-refractivity contribution in [1.29, 1.82) is 0 Å². The molecule has 1 N–H and O–H groups in total. The number of benzene rings is 2. The van der Waals surface area contributed by atoms with Crippen molar-refractivity contribution in [3.63, 3.8) is 0 Å². The fourth-order valence-corrected chi connectivity index (χ4v) is 3.78. The molecule has 0 fully saturated rings. The normalized spacial score (nSPS) is 22.5. The summed E-state index contributed by atoms with van der Waals surface area (Å²) in [4.78, 5) is 12.6. The zero-order valence-electron chi connectivity index (χ0n) is 12.4. The molecule has 0 unspecified atom stereocenters. The molecule has 106 valence electrons. The molecule has 1 aliphatic heterocycles. The molecule has 1 aliphatic carbocycles. The third kappa shape index (κ3) is 1.68. The molecule has 1 spiro atoms. The summed E-state index contributed by atoms with van der Waals surface area (Å²) >= 11 is 0. The van der Waals surface area contributed by atoms with Crippen LogP contribution in [0.15, 0.2) is 42.5 Å². The number of carbonyl (C=O) groups excluding carboxylic acids is 1. The first-order chi connectivity index (χ1) is 10.1. The quantitative estimate of drug-likeness (QED) is 0.844. The zero-order chi connectivity index (χ0) is 14.6. The first kappa shape index (κ1) is 12.6. The molecule has 0 aromatic heterocycles. The first-order valence-corrected chi connectivity index (χ1v) is 7.63. The molecule has 2 aromatic carbocycles. The van der Waals surface area contributed by atoms with Crippen molar-refractivity contribution in [3.05, 3.63) is 64.7 Å². The lowest BCUT2D eigenvalue weighted by atomic mass is 9.79. The molecule has 4 rings (SSSR count). The van der Waals surface area contributed by atoms with E-state index in [1.807, 2.05) is 18.2 Å². The highest BCUT2D eigenvalue weighted by atomic mass is 16.2.